The van der Waals surface area contributed by atoms with Gasteiger partial charge in [0.05, 0.1) is 11.5 Å². The van der Waals surface area contributed by atoms with E-state index in [4.69, 9.17) is 10.5 Å². The molecule has 0 bridgehead atoms. The van der Waals surface area contributed by atoms with Gasteiger partial charge < -0.3 is 15.0 Å². The molecular weight excluding hydrogens is 374 g/mol. The van der Waals surface area contributed by atoms with Gasteiger partial charge in [-0.25, -0.2) is 9.97 Å². The Labute approximate surface area is 174 Å². The molecule has 0 unspecified atom stereocenters. The zero-order chi connectivity index (χ0) is 20.9. The average Bonchev–Trinajstić information content (AvgIpc) is 3.16. The van der Waals surface area contributed by atoms with Crippen molar-refractivity contribution in [3.05, 3.63) is 78.8 Å². The van der Waals surface area contributed by atoms with Crippen molar-refractivity contribution in [2.24, 2.45) is 0 Å². The van der Waals surface area contributed by atoms with Crippen LogP contribution in [0.3, 0.4) is 0 Å². The number of rotatable bonds is 6. The number of nitriles is 1. The number of fused-ring (bicyclic) bond motifs is 1. The molecule has 4 rings (SSSR count). The quantitative estimate of drug-likeness (QED) is 0.446. The van der Waals surface area contributed by atoms with Gasteiger partial charge in [-0.1, -0.05) is 36.4 Å². The number of para-hydroxylation sites is 1. The number of aryl methyl sites for hydroxylation is 1. The monoisotopic (exact) mass is 395 g/mol. The Hall–Kier alpha value is -4.11. The van der Waals surface area contributed by atoms with Crippen molar-refractivity contribution in [2.45, 2.75) is 19.9 Å². The second-order valence-electron chi connectivity index (χ2n) is 6.81. The fourth-order valence-corrected chi connectivity index (χ4v) is 3.37. The van der Waals surface area contributed by atoms with Gasteiger partial charge in [-0.15, -0.1) is 0 Å². The van der Waals surface area contributed by atoms with E-state index in [9.17, 15) is 5.26 Å². The molecule has 0 aliphatic heterocycles. The van der Waals surface area contributed by atoms with Gasteiger partial charge in [0.1, 0.15) is 29.3 Å². The first kappa shape index (κ1) is 19.2. The maximum atomic E-state index is 9.19. The first-order valence-electron chi connectivity index (χ1n) is 9.67. The van der Waals surface area contributed by atoms with Crippen molar-refractivity contribution in [3.8, 4) is 28.7 Å². The summed E-state index contributed by atoms with van der Waals surface area (Å²) in [6, 6.07) is 19.7. The van der Waals surface area contributed by atoms with E-state index < -0.39 is 0 Å². The molecule has 0 saturated heterocycles. The summed E-state index contributed by atoms with van der Waals surface area (Å²) < 4.78 is 7.91. The maximum absolute atomic E-state index is 9.19. The molecule has 0 atom stereocenters. The highest BCUT2D eigenvalue weighted by Crippen LogP contribution is 2.34. The van der Waals surface area contributed by atoms with Crippen LogP contribution in [0.2, 0.25) is 0 Å². The van der Waals surface area contributed by atoms with E-state index in [-0.39, 0.29) is 0 Å². The molecule has 4 aromatic rings. The van der Waals surface area contributed by atoms with Crippen LogP contribution in [0.25, 0.3) is 22.2 Å². The van der Waals surface area contributed by atoms with Crippen LogP contribution in [-0.2, 0) is 6.54 Å². The molecule has 2 heterocycles. The maximum Gasteiger partial charge on any atom is 0.146 e. The predicted octanol–water partition coefficient (Wildman–Crippen LogP) is 5.33. The summed E-state index contributed by atoms with van der Waals surface area (Å²) >= 11 is 0. The summed E-state index contributed by atoms with van der Waals surface area (Å²) in [6.07, 6.45) is 5.95. The molecule has 0 radical (unpaired) electrons. The molecule has 30 heavy (non-hydrogen) atoms. The van der Waals surface area contributed by atoms with Crippen LogP contribution in [0.15, 0.2) is 78.8 Å². The Morgan fingerprint density at radius 2 is 1.83 bits per heavy atom. The van der Waals surface area contributed by atoms with Gasteiger partial charge >= 0.3 is 0 Å². The van der Waals surface area contributed by atoms with Gasteiger partial charge in [-0.3, -0.25) is 0 Å². The third kappa shape index (κ3) is 3.87. The fourth-order valence-electron chi connectivity index (χ4n) is 3.37. The minimum atomic E-state index is 0.435. The first-order chi connectivity index (χ1) is 14.7. The number of nitrogens with zero attached hydrogens (tertiary/aromatic N) is 4. The van der Waals surface area contributed by atoms with Gasteiger partial charge in [-0.2, -0.15) is 5.26 Å². The standard InChI is InChI=1S/C24H21N5O/c1-2-17(14-25)12-13-29-15-21(22-23(26)27-16-28-24(22)29)18-8-10-20(11-9-18)30-19-6-4-3-5-7-19/h2-11,15-16H,12-13H2,1H3,(H2,26,27,28). The van der Waals surface area contributed by atoms with Gasteiger partial charge in [0.15, 0.2) is 0 Å². The van der Waals surface area contributed by atoms with Crippen LogP contribution in [-0.4, -0.2) is 14.5 Å². The van der Waals surface area contributed by atoms with E-state index in [1.807, 2.05) is 78.4 Å². The number of ether oxygens (including phenoxy) is 1. The fraction of sp³-hybridized carbons (Fsp3) is 0.125. The molecule has 2 aromatic carbocycles. The van der Waals surface area contributed by atoms with E-state index >= 15 is 0 Å². The molecule has 6 nitrogen and oxygen atoms in total. The van der Waals surface area contributed by atoms with Gasteiger partial charge in [-0.05, 0) is 36.8 Å². The van der Waals surface area contributed by atoms with E-state index in [1.54, 1.807) is 0 Å². The average molecular weight is 395 g/mol. The number of anilines is 1. The minimum absolute atomic E-state index is 0.435. The van der Waals surface area contributed by atoms with Crippen molar-refractivity contribution in [1.29, 1.82) is 5.26 Å². The Balaban J connectivity index is 1.67. The van der Waals surface area contributed by atoms with E-state index in [1.165, 1.54) is 6.33 Å². The molecule has 2 N–H and O–H groups in total. The van der Waals surface area contributed by atoms with Crippen LogP contribution in [0.4, 0.5) is 5.82 Å². The van der Waals surface area contributed by atoms with Crippen molar-refractivity contribution < 1.29 is 4.74 Å². The molecule has 0 aliphatic rings. The van der Waals surface area contributed by atoms with Gasteiger partial charge in [0.2, 0.25) is 0 Å². The van der Waals surface area contributed by atoms with Gasteiger partial charge in [0.25, 0.3) is 0 Å². The lowest BCUT2D eigenvalue weighted by molar-refractivity contribution is 0.483. The highest BCUT2D eigenvalue weighted by Gasteiger charge is 2.15. The topological polar surface area (TPSA) is 89.8 Å². The SMILES string of the molecule is CC=C(C#N)CCn1cc(-c2ccc(Oc3ccccc3)cc2)c2c(N)ncnc21. The molecular formula is C24H21N5O. The third-order valence-corrected chi connectivity index (χ3v) is 4.94. The zero-order valence-corrected chi connectivity index (χ0v) is 16.6. The number of aromatic nitrogens is 3. The van der Waals surface area contributed by atoms with Crippen LogP contribution in [0.1, 0.15) is 13.3 Å². The molecule has 2 aromatic heterocycles. The largest absolute Gasteiger partial charge is 0.457 e. The number of benzene rings is 2. The van der Waals surface area contributed by atoms with Crippen LogP contribution in [0, 0.1) is 11.3 Å². The Bertz CT molecular complexity index is 1230. The van der Waals surface area contributed by atoms with Crippen molar-refractivity contribution >= 4 is 16.9 Å². The predicted molar refractivity (Wildman–Crippen MR) is 118 cm³/mol. The van der Waals surface area contributed by atoms with Crippen LogP contribution >= 0.6 is 0 Å². The van der Waals surface area contributed by atoms with Crippen LogP contribution < -0.4 is 10.5 Å². The van der Waals surface area contributed by atoms with Gasteiger partial charge in [0, 0.05) is 30.3 Å². The highest BCUT2D eigenvalue weighted by molar-refractivity contribution is 6.00. The molecule has 0 aliphatic carbocycles. The normalized spacial score (nSPS) is 11.4. The zero-order valence-electron chi connectivity index (χ0n) is 16.6. The third-order valence-electron chi connectivity index (χ3n) is 4.94. The minimum Gasteiger partial charge on any atom is -0.457 e. The summed E-state index contributed by atoms with van der Waals surface area (Å²) in [5.41, 5.74) is 9.64. The number of hydrogen-bond acceptors (Lipinski definition) is 5. The number of nitrogens with two attached hydrogens (primary N) is 1. The number of nitrogen functional groups attached to an aromatic ring is 1. The Morgan fingerprint density at radius 1 is 1.10 bits per heavy atom. The highest BCUT2D eigenvalue weighted by atomic mass is 16.5. The summed E-state index contributed by atoms with van der Waals surface area (Å²) in [7, 11) is 0. The molecule has 0 fully saturated rings. The number of hydrogen-bond donors (Lipinski definition) is 1. The second-order valence-corrected chi connectivity index (χ2v) is 6.81. The smallest absolute Gasteiger partial charge is 0.146 e. The first-order valence-corrected chi connectivity index (χ1v) is 9.67. The lowest BCUT2D eigenvalue weighted by Gasteiger charge is -2.06. The van der Waals surface area contributed by atoms with Crippen LogP contribution in [0.5, 0.6) is 11.5 Å². The summed E-state index contributed by atoms with van der Waals surface area (Å²) in [5, 5.41) is 10.0. The lowest BCUT2D eigenvalue weighted by atomic mass is 10.1. The van der Waals surface area contributed by atoms with E-state index in [0.29, 0.717) is 18.8 Å². The van der Waals surface area contributed by atoms with Crippen molar-refractivity contribution in [2.75, 3.05) is 5.73 Å². The number of allylic oxidation sites excluding steroid dienone is 2. The molecule has 6 heteroatoms. The summed E-state index contributed by atoms with van der Waals surface area (Å²) in [5.74, 6) is 1.98. The van der Waals surface area contributed by atoms with E-state index in [2.05, 4.69) is 16.0 Å². The Morgan fingerprint density at radius 3 is 2.53 bits per heavy atom. The molecule has 0 saturated carbocycles. The van der Waals surface area contributed by atoms with E-state index in [0.717, 1.165) is 39.2 Å². The molecule has 148 valence electrons. The summed E-state index contributed by atoms with van der Waals surface area (Å²) in [4.78, 5) is 8.61. The van der Waals surface area contributed by atoms with Crippen molar-refractivity contribution in [3.63, 3.8) is 0 Å². The lowest BCUT2D eigenvalue weighted by Crippen LogP contribution is -2.00. The summed E-state index contributed by atoms with van der Waals surface area (Å²) in [6.45, 7) is 2.51. The molecule has 0 spiro atoms. The Kier molecular flexibility index (Phi) is 5.44. The van der Waals surface area contributed by atoms with Crippen molar-refractivity contribution in [1.82, 2.24) is 14.5 Å². The second kappa shape index (κ2) is 8.50. The molecule has 0 amide bonds.